The van der Waals surface area contributed by atoms with Gasteiger partial charge in [0, 0.05) is 35.7 Å². The molecule has 0 atom stereocenters. The molecule has 0 spiro atoms. The number of nitrogens with zero attached hydrogens (tertiary/aromatic N) is 3. The quantitative estimate of drug-likeness (QED) is 0.689. The highest BCUT2D eigenvalue weighted by atomic mass is 35.5. The van der Waals surface area contributed by atoms with Crippen molar-refractivity contribution in [1.29, 1.82) is 0 Å². The van der Waals surface area contributed by atoms with Crippen molar-refractivity contribution in [2.75, 3.05) is 11.4 Å². The number of fused-ring (bicyclic) bond motifs is 1. The molecule has 0 radical (unpaired) electrons. The van der Waals surface area contributed by atoms with Gasteiger partial charge in [0.15, 0.2) is 0 Å². The molecule has 0 saturated heterocycles. The van der Waals surface area contributed by atoms with E-state index in [0.717, 1.165) is 30.6 Å². The molecule has 2 heterocycles. The summed E-state index contributed by atoms with van der Waals surface area (Å²) in [5, 5.41) is 4.65. The van der Waals surface area contributed by atoms with Gasteiger partial charge >= 0.3 is 0 Å². The van der Waals surface area contributed by atoms with Gasteiger partial charge in [0.25, 0.3) is 0 Å². The first-order valence-electron chi connectivity index (χ1n) is 8.67. The van der Waals surface area contributed by atoms with E-state index in [1.807, 2.05) is 35.2 Å². The molecule has 0 unspecified atom stereocenters. The zero-order valence-electron chi connectivity index (χ0n) is 14.2. The molecule has 1 amide bonds. The van der Waals surface area contributed by atoms with Crippen molar-refractivity contribution in [3.8, 4) is 11.4 Å². The Morgan fingerprint density at radius 2 is 1.96 bits per heavy atom. The molecule has 5 nitrogen and oxygen atoms in total. The number of aromatic nitrogens is 2. The molecule has 0 fully saturated rings. The number of carbonyl (C=O) groups excluding carboxylic acids is 1. The highest BCUT2D eigenvalue weighted by Crippen LogP contribution is 2.27. The fourth-order valence-electron chi connectivity index (χ4n) is 3.21. The van der Waals surface area contributed by atoms with Gasteiger partial charge in [0.2, 0.25) is 17.6 Å². The minimum atomic E-state index is 0.0865. The van der Waals surface area contributed by atoms with Crippen LogP contribution in [0, 0.1) is 0 Å². The number of rotatable bonds is 4. The lowest BCUT2D eigenvalue weighted by molar-refractivity contribution is -0.118. The summed E-state index contributed by atoms with van der Waals surface area (Å²) >= 11 is 5.89. The summed E-state index contributed by atoms with van der Waals surface area (Å²) in [6, 6.07) is 15.3. The van der Waals surface area contributed by atoms with Gasteiger partial charge in [-0.2, -0.15) is 4.98 Å². The maximum atomic E-state index is 12.7. The van der Waals surface area contributed by atoms with Gasteiger partial charge in [-0.3, -0.25) is 4.79 Å². The molecule has 132 valence electrons. The lowest BCUT2D eigenvalue weighted by Gasteiger charge is -2.29. The Labute approximate surface area is 156 Å². The first kappa shape index (κ1) is 16.8. The smallest absolute Gasteiger partial charge is 0.227 e. The number of para-hydroxylation sites is 1. The summed E-state index contributed by atoms with van der Waals surface area (Å²) in [5.41, 5.74) is 3.09. The predicted molar refractivity (Wildman–Crippen MR) is 100 cm³/mol. The predicted octanol–water partition coefficient (Wildman–Crippen LogP) is 4.30. The van der Waals surface area contributed by atoms with E-state index in [2.05, 4.69) is 16.2 Å². The molecule has 0 saturated carbocycles. The summed E-state index contributed by atoms with van der Waals surface area (Å²) in [6.45, 7) is 0.760. The Kier molecular flexibility index (Phi) is 4.71. The van der Waals surface area contributed by atoms with Crippen molar-refractivity contribution in [2.24, 2.45) is 0 Å². The molecule has 0 bridgehead atoms. The average Bonchev–Trinajstić information content (AvgIpc) is 3.15. The molecule has 4 rings (SSSR count). The van der Waals surface area contributed by atoms with E-state index < -0.39 is 0 Å². The Morgan fingerprint density at radius 3 is 2.81 bits per heavy atom. The maximum absolute atomic E-state index is 12.7. The van der Waals surface area contributed by atoms with Crippen LogP contribution in [0.3, 0.4) is 0 Å². The largest absolute Gasteiger partial charge is 0.339 e. The third-order valence-corrected chi connectivity index (χ3v) is 4.79. The Balaban J connectivity index is 1.42. The second-order valence-electron chi connectivity index (χ2n) is 6.30. The van der Waals surface area contributed by atoms with E-state index in [-0.39, 0.29) is 5.91 Å². The summed E-state index contributed by atoms with van der Waals surface area (Å²) in [5.74, 6) is 1.06. The average molecular weight is 368 g/mol. The maximum Gasteiger partial charge on any atom is 0.227 e. The highest BCUT2D eigenvalue weighted by molar-refractivity contribution is 6.30. The van der Waals surface area contributed by atoms with E-state index in [4.69, 9.17) is 16.1 Å². The van der Waals surface area contributed by atoms with Crippen LogP contribution >= 0.6 is 11.6 Å². The monoisotopic (exact) mass is 367 g/mol. The number of aryl methyl sites for hydroxylation is 2. The fraction of sp³-hybridized carbons (Fsp3) is 0.250. The van der Waals surface area contributed by atoms with E-state index in [0.29, 0.717) is 29.6 Å². The number of amides is 1. The number of carbonyl (C=O) groups is 1. The zero-order valence-corrected chi connectivity index (χ0v) is 14.9. The number of benzene rings is 2. The van der Waals surface area contributed by atoms with Gasteiger partial charge in [0.1, 0.15) is 0 Å². The van der Waals surface area contributed by atoms with Crippen LogP contribution in [0.1, 0.15) is 24.3 Å². The van der Waals surface area contributed by atoms with E-state index in [1.165, 1.54) is 5.56 Å². The van der Waals surface area contributed by atoms with Crippen LogP contribution in [-0.2, 0) is 17.6 Å². The van der Waals surface area contributed by atoms with Gasteiger partial charge in [-0.1, -0.05) is 35.0 Å². The molecular formula is C20H18ClN3O2. The molecule has 6 heteroatoms. The third kappa shape index (κ3) is 3.48. The lowest BCUT2D eigenvalue weighted by atomic mass is 10.0. The molecule has 1 aliphatic rings. The van der Waals surface area contributed by atoms with Gasteiger partial charge in [-0.25, -0.2) is 0 Å². The Morgan fingerprint density at radius 1 is 1.15 bits per heavy atom. The lowest BCUT2D eigenvalue weighted by Crippen LogP contribution is -2.35. The van der Waals surface area contributed by atoms with Crippen LogP contribution in [0.15, 0.2) is 53.1 Å². The van der Waals surface area contributed by atoms with Crippen molar-refractivity contribution in [2.45, 2.75) is 25.7 Å². The fourth-order valence-corrected chi connectivity index (χ4v) is 3.34. The molecule has 0 N–H and O–H groups in total. The van der Waals surface area contributed by atoms with Gasteiger partial charge in [-0.05, 0) is 48.7 Å². The third-order valence-electron chi connectivity index (χ3n) is 4.53. The van der Waals surface area contributed by atoms with Gasteiger partial charge in [-0.15, -0.1) is 0 Å². The zero-order chi connectivity index (χ0) is 17.9. The van der Waals surface area contributed by atoms with Crippen LogP contribution in [0.4, 0.5) is 5.69 Å². The van der Waals surface area contributed by atoms with E-state index in [9.17, 15) is 4.79 Å². The number of halogens is 1. The number of anilines is 1. The minimum Gasteiger partial charge on any atom is -0.339 e. The minimum absolute atomic E-state index is 0.0865. The van der Waals surface area contributed by atoms with E-state index in [1.54, 1.807) is 12.1 Å². The van der Waals surface area contributed by atoms with Crippen molar-refractivity contribution in [3.63, 3.8) is 0 Å². The summed E-state index contributed by atoms with van der Waals surface area (Å²) in [7, 11) is 0. The van der Waals surface area contributed by atoms with Crippen LogP contribution in [0.2, 0.25) is 5.02 Å². The normalized spacial score (nSPS) is 13.5. The summed E-state index contributed by atoms with van der Waals surface area (Å²) in [6.07, 6.45) is 2.78. The van der Waals surface area contributed by atoms with Crippen LogP contribution in [-0.4, -0.2) is 22.6 Å². The second kappa shape index (κ2) is 7.30. The molecule has 1 aliphatic heterocycles. The van der Waals surface area contributed by atoms with Crippen molar-refractivity contribution >= 4 is 23.2 Å². The summed E-state index contributed by atoms with van der Waals surface area (Å²) < 4.78 is 5.29. The molecule has 3 aromatic rings. The molecule has 1 aromatic heterocycles. The Bertz CT molecular complexity index is 921. The number of hydrogen-bond donors (Lipinski definition) is 0. The highest BCUT2D eigenvalue weighted by Gasteiger charge is 2.22. The van der Waals surface area contributed by atoms with Crippen LogP contribution in [0.25, 0.3) is 11.4 Å². The molecular weight excluding hydrogens is 350 g/mol. The van der Waals surface area contributed by atoms with Crippen LogP contribution in [0.5, 0.6) is 0 Å². The topological polar surface area (TPSA) is 59.2 Å². The van der Waals surface area contributed by atoms with Crippen LogP contribution < -0.4 is 4.90 Å². The molecule has 26 heavy (non-hydrogen) atoms. The second-order valence-corrected chi connectivity index (χ2v) is 6.73. The standard InChI is InChI=1S/C20H18ClN3O2/c21-16-9-7-15(8-10-16)20-22-18(26-23-20)11-12-19(25)24-13-3-5-14-4-1-2-6-17(14)24/h1-2,4,6-10H,3,5,11-13H2. The molecule has 0 aliphatic carbocycles. The van der Waals surface area contributed by atoms with Crippen molar-refractivity contribution in [1.82, 2.24) is 10.1 Å². The van der Waals surface area contributed by atoms with Crippen molar-refractivity contribution in [3.05, 3.63) is 65.0 Å². The van der Waals surface area contributed by atoms with Gasteiger partial charge < -0.3 is 9.42 Å². The summed E-state index contributed by atoms with van der Waals surface area (Å²) in [4.78, 5) is 18.9. The number of hydrogen-bond acceptors (Lipinski definition) is 4. The van der Waals surface area contributed by atoms with Crippen molar-refractivity contribution < 1.29 is 9.32 Å². The Hall–Kier alpha value is -2.66. The first-order valence-corrected chi connectivity index (χ1v) is 9.05. The van der Waals surface area contributed by atoms with Gasteiger partial charge in [0.05, 0.1) is 0 Å². The first-order chi connectivity index (χ1) is 12.7. The SMILES string of the molecule is O=C(CCc1nc(-c2ccc(Cl)cc2)no1)N1CCCc2ccccc21. The molecule has 2 aromatic carbocycles. The van der Waals surface area contributed by atoms with E-state index >= 15 is 0 Å².